The number of nitrogens with zero attached hydrogens (tertiary/aromatic N) is 1. The average Bonchev–Trinajstić information content (AvgIpc) is 3.38. The summed E-state index contributed by atoms with van der Waals surface area (Å²) in [5.74, 6) is -1.74. The van der Waals surface area contributed by atoms with E-state index < -0.39 is 47.2 Å². The van der Waals surface area contributed by atoms with Crippen LogP contribution in [-0.4, -0.2) is 44.3 Å². The molecule has 1 heterocycles. The highest BCUT2D eigenvalue weighted by Crippen LogP contribution is 2.24. The van der Waals surface area contributed by atoms with Gasteiger partial charge in [0.15, 0.2) is 0 Å². The number of hydrogen-bond acceptors (Lipinski definition) is 8. The van der Waals surface area contributed by atoms with Crippen molar-refractivity contribution < 1.29 is 27.5 Å². The third-order valence-corrected chi connectivity index (χ3v) is 7.08. The summed E-state index contributed by atoms with van der Waals surface area (Å²) in [6.07, 6.45) is 0.851. The Morgan fingerprint density at radius 3 is 2.26 bits per heavy atom. The molecule has 38 heavy (non-hydrogen) atoms. The summed E-state index contributed by atoms with van der Waals surface area (Å²) in [7, 11) is -1.58. The highest BCUT2D eigenvalue weighted by molar-refractivity contribution is 7.73. The average molecular weight is 559 g/mol. The second kappa shape index (κ2) is 14.2. The van der Waals surface area contributed by atoms with E-state index in [1.807, 2.05) is 42.6 Å². The van der Waals surface area contributed by atoms with Crippen LogP contribution in [0.15, 0.2) is 60.0 Å². The van der Waals surface area contributed by atoms with Gasteiger partial charge in [0.2, 0.25) is 22.7 Å². The lowest BCUT2D eigenvalue weighted by molar-refractivity contribution is -0.144. The topological polar surface area (TPSA) is 144 Å². The Labute approximate surface area is 226 Å². The van der Waals surface area contributed by atoms with Crippen molar-refractivity contribution in [2.45, 2.75) is 44.7 Å². The number of aromatic nitrogens is 1. The number of aryl methyl sites for hydroxylation is 1. The molecule has 0 radical (unpaired) electrons. The van der Waals surface area contributed by atoms with E-state index in [9.17, 15) is 22.8 Å². The molecule has 0 saturated carbocycles. The highest BCUT2D eigenvalue weighted by atomic mass is 32.2. The molecule has 2 amide bonds. The first kappa shape index (κ1) is 28.8. The summed E-state index contributed by atoms with van der Waals surface area (Å²) in [5.41, 5.74) is 3.02. The summed E-state index contributed by atoms with van der Waals surface area (Å²) in [5, 5.41) is 8.33. The van der Waals surface area contributed by atoms with Crippen molar-refractivity contribution in [3.63, 3.8) is 0 Å². The molecular formula is C26H30N4O6S2. The molecule has 0 fully saturated rings. The maximum atomic E-state index is 13.5. The molecule has 0 saturated heterocycles. The third-order valence-electron chi connectivity index (χ3n) is 5.63. The van der Waals surface area contributed by atoms with Crippen LogP contribution in [0.3, 0.4) is 0 Å². The summed E-state index contributed by atoms with van der Waals surface area (Å²) in [6, 6.07) is 14.6. The second-order valence-electron chi connectivity index (χ2n) is 8.42. The first-order valence-electron chi connectivity index (χ1n) is 11.9. The van der Waals surface area contributed by atoms with Gasteiger partial charge in [-0.25, -0.2) is 13.4 Å². The Hall–Kier alpha value is -3.77. The summed E-state index contributed by atoms with van der Waals surface area (Å²) < 4.78 is 28.8. The molecule has 1 aromatic heterocycles. The SMILES string of the molecule is CCc1csc([C@H](Cc2ccc(N[SH](=O)=O)cc2)NC(=O)[C@H](Cc2ccccc2)NC(=O)CC(=O)OC)n1. The molecule has 0 aliphatic rings. The number of thiol groups is 1. The molecule has 2 aromatic carbocycles. The van der Waals surface area contributed by atoms with Gasteiger partial charge in [-0.15, -0.1) is 11.3 Å². The number of rotatable bonds is 13. The minimum Gasteiger partial charge on any atom is -0.469 e. The number of nitrogens with one attached hydrogen (secondary N) is 3. The normalized spacial score (nSPS) is 12.4. The fourth-order valence-corrected chi connectivity index (χ4v) is 4.99. The number of hydrogen-bond donors (Lipinski definition) is 4. The summed E-state index contributed by atoms with van der Waals surface area (Å²) >= 11 is 1.43. The first-order chi connectivity index (χ1) is 18.3. The highest BCUT2D eigenvalue weighted by Gasteiger charge is 2.27. The number of thiazole rings is 1. The van der Waals surface area contributed by atoms with Crippen LogP contribution in [0.2, 0.25) is 0 Å². The van der Waals surface area contributed by atoms with Crippen LogP contribution in [0.5, 0.6) is 0 Å². The van der Waals surface area contributed by atoms with Gasteiger partial charge < -0.3 is 15.4 Å². The lowest BCUT2D eigenvalue weighted by Gasteiger charge is -2.23. The Kier molecular flexibility index (Phi) is 10.8. The van der Waals surface area contributed by atoms with E-state index in [1.54, 1.807) is 24.3 Å². The Morgan fingerprint density at radius 1 is 0.974 bits per heavy atom. The van der Waals surface area contributed by atoms with Crippen molar-refractivity contribution in [3.05, 3.63) is 81.8 Å². The Bertz CT molecular complexity index is 1300. The van der Waals surface area contributed by atoms with E-state index in [4.69, 9.17) is 0 Å². The monoisotopic (exact) mass is 558 g/mol. The van der Waals surface area contributed by atoms with Gasteiger partial charge in [-0.3, -0.25) is 19.1 Å². The van der Waals surface area contributed by atoms with Crippen LogP contribution in [0.1, 0.15) is 41.2 Å². The Morgan fingerprint density at radius 2 is 1.66 bits per heavy atom. The zero-order valence-electron chi connectivity index (χ0n) is 21.0. The zero-order valence-corrected chi connectivity index (χ0v) is 22.7. The molecule has 2 atom stereocenters. The van der Waals surface area contributed by atoms with Crippen LogP contribution < -0.4 is 15.4 Å². The van der Waals surface area contributed by atoms with Crippen molar-refractivity contribution in [3.8, 4) is 0 Å². The number of benzene rings is 2. The molecule has 202 valence electrons. The Balaban J connectivity index is 1.83. The van der Waals surface area contributed by atoms with Gasteiger partial charge in [0.25, 0.3) is 0 Å². The molecule has 0 aliphatic carbocycles. The number of anilines is 1. The largest absolute Gasteiger partial charge is 0.469 e. The van der Waals surface area contributed by atoms with E-state index in [-0.39, 0.29) is 6.42 Å². The van der Waals surface area contributed by atoms with E-state index in [0.29, 0.717) is 17.1 Å². The van der Waals surface area contributed by atoms with Gasteiger partial charge in [0, 0.05) is 17.5 Å². The standard InChI is InChI=1S/C26H30N4O6S2/c1-3-19-16-37-26(27-19)22(14-18-9-11-20(12-10-18)30-38(34)35)29-25(33)21(13-17-7-5-4-6-8-17)28-23(31)15-24(32)36-2/h4-12,16,21-22,38H,3,13-15H2,1-2H3,(H,28,31)(H,29,33)(H,30,34,35)/t21-,22-/m0/s1. The first-order valence-corrected chi connectivity index (χ1v) is 14.0. The fraction of sp³-hybridized carbons (Fsp3) is 0.308. The fourth-order valence-electron chi connectivity index (χ4n) is 3.68. The molecule has 3 aromatic rings. The maximum absolute atomic E-state index is 13.5. The predicted molar refractivity (Wildman–Crippen MR) is 145 cm³/mol. The van der Waals surface area contributed by atoms with E-state index in [1.165, 1.54) is 18.4 Å². The van der Waals surface area contributed by atoms with Gasteiger partial charge in [-0.1, -0.05) is 49.4 Å². The van der Waals surface area contributed by atoms with Gasteiger partial charge in [0.1, 0.15) is 17.5 Å². The molecule has 10 nitrogen and oxygen atoms in total. The summed E-state index contributed by atoms with van der Waals surface area (Å²) in [4.78, 5) is 42.2. The van der Waals surface area contributed by atoms with Crippen LogP contribution in [0, 0.1) is 0 Å². The molecule has 12 heteroatoms. The number of ether oxygens (including phenoxy) is 1. The lowest BCUT2D eigenvalue weighted by Crippen LogP contribution is -2.49. The smallest absolute Gasteiger partial charge is 0.315 e. The number of esters is 1. The van der Waals surface area contributed by atoms with Gasteiger partial charge in [0.05, 0.1) is 18.8 Å². The molecular weight excluding hydrogens is 528 g/mol. The molecule has 0 bridgehead atoms. The number of carbonyl (C=O) groups excluding carboxylic acids is 3. The van der Waals surface area contributed by atoms with Crippen LogP contribution >= 0.6 is 11.3 Å². The zero-order chi connectivity index (χ0) is 27.5. The van der Waals surface area contributed by atoms with E-state index in [2.05, 4.69) is 25.1 Å². The lowest BCUT2D eigenvalue weighted by atomic mass is 10.0. The second-order valence-corrected chi connectivity index (χ2v) is 10.1. The van der Waals surface area contributed by atoms with Crippen molar-refractivity contribution in [1.82, 2.24) is 15.6 Å². The van der Waals surface area contributed by atoms with Crippen molar-refractivity contribution in [1.29, 1.82) is 0 Å². The number of methoxy groups -OCH3 is 1. The van der Waals surface area contributed by atoms with Crippen molar-refractivity contribution in [2.24, 2.45) is 0 Å². The molecule has 0 spiro atoms. The van der Waals surface area contributed by atoms with Crippen LogP contribution in [0.25, 0.3) is 0 Å². The van der Waals surface area contributed by atoms with Gasteiger partial charge >= 0.3 is 5.97 Å². The minimum atomic E-state index is -2.77. The summed E-state index contributed by atoms with van der Waals surface area (Å²) in [6.45, 7) is 1.99. The van der Waals surface area contributed by atoms with E-state index >= 15 is 0 Å². The third kappa shape index (κ3) is 8.96. The van der Waals surface area contributed by atoms with Gasteiger partial charge in [-0.2, -0.15) is 0 Å². The van der Waals surface area contributed by atoms with Crippen molar-refractivity contribution in [2.75, 3.05) is 11.8 Å². The van der Waals surface area contributed by atoms with Crippen molar-refractivity contribution >= 4 is 45.7 Å². The number of carbonyl (C=O) groups is 3. The van der Waals surface area contributed by atoms with Crippen LogP contribution in [-0.2, 0) is 49.3 Å². The minimum absolute atomic E-state index is 0.220. The molecule has 0 unspecified atom stereocenters. The van der Waals surface area contributed by atoms with E-state index in [0.717, 1.165) is 23.2 Å². The maximum Gasteiger partial charge on any atom is 0.315 e. The van der Waals surface area contributed by atoms with Crippen LogP contribution in [0.4, 0.5) is 5.69 Å². The number of amides is 2. The molecule has 0 aliphatic heterocycles. The predicted octanol–water partition coefficient (Wildman–Crippen LogP) is 2.33. The molecule has 3 N–H and O–H groups in total. The molecule has 3 rings (SSSR count). The quantitative estimate of drug-likeness (QED) is 0.143. The van der Waals surface area contributed by atoms with Gasteiger partial charge in [-0.05, 0) is 36.1 Å².